The topological polar surface area (TPSA) is 100 Å². The van der Waals surface area contributed by atoms with E-state index >= 15 is 0 Å². The lowest BCUT2D eigenvalue weighted by Gasteiger charge is -2.63. The molecule has 4 fully saturated rings. The van der Waals surface area contributed by atoms with Gasteiger partial charge in [0.2, 0.25) is 10.0 Å². The molecule has 2 aliphatic carbocycles. The highest BCUT2D eigenvalue weighted by molar-refractivity contribution is 14.0. The molecule has 11 heteroatoms. The maximum atomic E-state index is 12.7. The Morgan fingerprint density at radius 1 is 1.32 bits per heavy atom. The van der Waals surface area contributed by atoms with Gasteiger partial charge in [0, 0.05) is 62.8 Å². The van der Waals surface area contributed by atoms with Crippen molar-refractivity contribution in [3.63, 3.8) is 0 Å². The van der Waals surface area contributed by atoms with Crippen LogP contribution in [0, 0.1) is 11.3 Å². The third-order valence-electron chi connectivity index (χ3n) is 7.38. The molecule has 3 atom stereocenters. The Balaban J connectivity index is 0.00000231. The van der Waals surface area contributed by atoms with Gasteiger partial charge in [-0.15, -0.1) is 24.0 Å². The van der Waals surface area contributed by atoms with Crippen molar-refractivity contribution in [2.24, 2.45) is 16.3 Å². The van der Waals surface area contributed by atoms with Gasteiger partial charge in [-0.2, -0.15) is 4.31 Å². The Bertz CT molecular complexity index is 881. The number of fused-ring (bicyclic) bond motifs is 2. The average molecular weight is 565 g/mol. The Morgan fingerprint density at radius 3 is 2.71 bits per heavy atom. The second-order valence-electron chi connectivity index (χ2n) is 8.88. The number of guanidine groups is 1. The molecule has 1 N–H and O–H groups in total. The minimum absolute atomic E-state index is 0. The number of aliphatic imine (C=N–C) groups is 1. The number of ether oxygens (including phenoxy) is 1. The first kappa shape index (κ1) is 23.2. The molecule has 0 bridgehead atoms. The minimum atomic E-state index is -3.40. The van der Waals surface area contributed by atoms with E-state index in [4.69, 9.17) is 14.3 Å². The zero-order valence-electron chi connectivity index (χ0n) is 17.9. The highest BCUT2D eigenvalue weighted by atomic mass is 127. The monoisotopic (exact) mass is 565 g/mol. The Morgan fingerprint density at radius 2 is 2.10 bits per heavy atom. The van der Waals surface area contributed by atoms with Gasteiger partial charge in [-0.3, -0.25) is 4.99 Å². The summed E-state index contributed by atoms with van der Waals surface area (Å²) in [7, 11) is -3.40. The van der Waals surface area contributed by atoms with E-state index in [0.29, 0.717) is 61.9 Å². The van der Waals surface area contributed by atoms with Gasteiger partial charge < -0.3 is 19.5 Å². The van der Waals surface area contributed by atoms with E-state index in [1.807, 2.05) is 6.92 Å². The molecule has 174 valence electrons. The normalized spacial score (nSPS) is 30.3. The molecule has 1 aromatic heterocycles. The van der Waals surface area contributed by atoms with Crippen LogP contribution in [0.2, 0.25) is 0 Å². The van der Waals surface area contributed by atoms with Crippen molar-refractivity contribution >= 4 is 40.0 Å². The predicted molar refractivity (Wildman–Crippen MR) is 127 cm³/mol. The number of piperazine rings is 1. The zero-order valence-corrected chi connectivity index (χ0v) is 21.1. The molecule has 1 aromatic rings. The molecule has 2 saturated heterocycles. The number of halogens is 1. The Hall–Kier alpha value is -0.920. The Kier molecular flexibility index (Phi) is 6.86. The summed E-state index contributed by atoms with van der Waals surface area (Å²) in [4.78, 5) is 6.97. The van der Waals surface area contributed by atoms with Gasteiger partial charge >= 0.3 is 0 Å². The van der Waals surface area contributed by atoms with Gasteiger partial charge in [-0.1, -0.05) is 11.6 Å². The van der Waals surface area contributed by atoms with Crippen LogP contribution in [0.1, 0.15) is 38.3 Å². The molecule has 2 saturated carbocycles. The molecule has 3 heterocycles. The van der Waals surface area contributed by atoms with E-state index in [9.17, 15) is 8.42 Å². The number of hydrogen-bond acceptors (Lipinski definition) is 6. The number of rotatable bonds is 5. The summed E-state index contributed by atoms with van der Waals surface area (Å²) in [6.07, 6.45) is 6.70. The second-order valence-corrected chi connectivity index (χ2v) is 10.9. The van der Waals surface area contributed by atoms with Crippen molar-refractivity contribution in [3.8, 4) is 0 Å². The summed E-state index contributed by atoms with van der Waals surface area (Å²) in [5.74, 6) is 1.38. The van der Waals surface area contributed by atoms with Crippen molar-refractivity contribution in [2.45, 2.75) is 50.5 Å². The first-order valence-corrected chi connectivity index (χ1v) is 12.7. The highest BCUT2D eigenvalue weighted by Gasteiger charge is 2.66. The smallest absolute Gasteiger partial charge is 0.220 e. The maximum absolute atomic E-state index is 12.7. The minimum Gasteiger partial charge on any atom is -0.377 e. The maximum Gasteiger partial charge on any atom is 0.220 e. The fourth-order valence-electron chi connectivity index (χ4n) is 5.75. The van der Waals surface area contributed by atoms with Gasteiger partial charge in [-0.25, -0.2) is 8.42 Å². The van der Waals surface area contributed by atoms with E-state index < -0.39 is 10.0 Å². The number of nitrogens with one attached hydrogen (secondary N) is 1. The van der Waals surface area contributed by atoms with Crippen molar-refractivity contribution < 1.29 is 17.7 Å². The van der Waals surface area contributed by atoms with E-state index in [1.54, 1.807) is 10.4 Å². The van der Waals surface area contributed by atoms with Crippen LogP contribution in [0.4, 0.5) is 0 Å². The standard InChI is InChI=1S/C20H31N5O4S.HI/c1-2-21-19(22-17-16-5-12-28-18(16)20(17)6-3-7-20)24-8-10-25(11-9-24)30(26,27)14-15-4-13-29-23-15;/h4,13,16-18H,2-3,5-12,14H2,1H3,(H,21,22);1H. The molecule has 0 aromatic carbocycles. The van der Waals surface area contributed by atoms with E-state index in [2.05, 4.69) is 15.4 Å². The summed E-state index contributed by atoms with van der Waals surface area (Å²) in [5, 5.41) is 7.52. The fraction of sp³-hybridized carbons (Fsp3) is 0.800. The van der Waals surface area contributed by atoms with Crippen LogP contribution >= 0.6 is 24.0 Å². The van der Waals surface area contributed by atoms with E-state index in [1.165, 1.54) is 25.5 Å². The van der Waals surface area contributed by atoms with Gasteiger partial charge in [-0.05, 0) is 26.2 Å². The number of sulfonamides is 1. The van der Waals surface area contributed by atoms with E-state index in [-0.39, 0.29) is 29.7 Å². The first-order valence-electron chi connectivity index (χ1n) is 11.1. The van der Waals surface area contributed by atoms with Crippen LogP contribution in [0.5, 0.6) is 0 Å². The number of hydrogen-bond donors (Lipinski definition) is 1. The molecular formula is C20H32IN5O4S. The second kappa shape index (κ2) is 9.14. The van der Waals surface area contributed by atoms with Crippen molar-refractivity contribution in [3.05, 3.63) is 18.0 Å². The zero-order chi connectivity index (χ0) is 20.8. The quantitative estimate of drug-likeness (QED) is 0.330. The van der Waals surface area contributed by atoms with Crippen LogP contribution in [-0.2, 0) is 20.5 Å². The SMILES string of the molecule is CCN=C(NC1C2CCOC2C12CCC2)N1CCN(S(=O)(=O)Cc2ccon2)CC1.I. The molecule has 2 aliphatic heterocycles. The molecule has 0 amide bonds. The van der Waals surface area contributed by atoms with E-state index in [0.717, 1.165) is 19.0 Å². The fourth-order valence-corrected chi connectivity index (χ4v) is 7.17. The summed E-state index contributed by atoms with van der Waals surface area (Å²) < 4.78 is 37.8. The molecule has 1 spiro atoms. The molecule has 4 aliphatic rings. The lowest BCUT2D eigenvalue weighted by molar-refractivity contribution is -0.171. The van der Waals surface area contributed by atoms with Crippen LogP contribution in [0.25, 0.3) is 0 Å². The molecule has 3 unspecified atom stereocenters. The van der Waals surface area contributed by atoms with Crippen LogP contribution in [0.15, 0.2) is 21.8 Å². The Labute approximate surface area is 201 Å². The number of aromatic nitrogens is 1. The molecule has 9 nitrogen and oxygen atoms in total. The summed E-state index contributed by atoms with van der Waals surface area (Å²) in [5.41, 5.74) is 0.731. The average Bonchev–Trinajstić information content (AvgIpc) is 3.34. The van der Waals surface area contributed by atoms with Gasteiger partial charge in [0.05, 0.1) is 11.8 Å². The van der Waals surface area contributed by atoms with Gasteiger partial charge in [0.15, 0.2) is 5.96 Å². The van der Waals surface area contributed by atoms with Crippen LogP contribution < -0.4 is 5.32 Å². The summed E-state index contributed by atoms with van der Waals surface area (Å²) in [6.45, 7) is 5.80. The molecule has 31 heavy (non-hydrogen) atoms. The molecule has 0 radical (unpaired) electrons. The number of nitrogens with zero attached hydrogens (tertiary/aromatic N) is 4. The van der Waals surface area contributed by atoms with Gasteiger partial charge in [0.25, 0.3) is 0 Å². The summed E-state index contributed by atoms with van der Waals surface area (Å²) in [6, 6.07) is 2.02. The molecular weight excluding hydrogens is 533 g/mol. The lowest BCUT2D eigenvalue weighted by Crippen LogP contribution is -2.73. The third kappa shape index (κ3) is 4.10. The third-order valence-corrected chi connectivity index (χ3v) is 9.19. The van der Waals surface area contributed by atoms with Crippen molar-refractivity contribution in [2.75, 3.05) is 39.3 Å². The largest absolute Gasteiger partial charge is 0.377 e. The van der Waals surface area contributed by atoms with Crippen LogP contribution in [-0.4, -0.2) is 80.2 Å². The first-order chi connectivity index (χ1) is 14.5. The van der Waals surface area contributed by atoms with Crippen molar-refractivity contribution in [1.82, 2.24) is 19.7 Å². The molecule has 5 rings (SSSR count). The predicted octanol–water partition coefficient (Wildman–Crippen LogP) is 1.66. The van der Waals surface area contributed by atoms with Crippen LogP contribution in [0.3, 0.4) is 0 Å². The highest BCUT2D eigenvalue weighted by Crippen LogP contribution is 2.62. The summed E-state index contributed by atoms with van der Waals surface area (Å²) >= 11 is 0. The van der Waals surface area contributed by atoms with Crippen molar-refractivity contribution in [1.29, 1.82) is 0 Å². The lowest BCUT2D eigenvalue weighted by atomic mass is 9.46. The van der Waals surface area contributed by atoms with Gasteiger partial charge in [0.1, 0.15) is 12.0 Å².